The summed E-state index contributed by atoms with van der Waals surface area (Å²) in [6.07, 6.45) is 1.38. The van der Waals surface area contributed by atoms with E-state index in [1.54, 1.807) is 0 Å². The van der Waals surface area contributed by atoms with E-state index in [1.165, 1.54) is 0 Å². The van der Waals surface area contributed by atoms with E-state index in [-0.39, 0.29) is 36.6 Å². The smallest absolute Gasteiger partial charge is 0.221 e. The van der Waals surface area contributed by atoms with Crippen LogP contribution in [0.5, 0.6) is 0 Å². The molecule has 6 heteroatoms. The van der Waals surface area contributed by atoms with Crippen LogP contribution < -0.4 is 11.1 Å². The van der Waals surface area contributed by atoms with Gasteiger partial charge in [0.2, 0.25) is 5.91 Å². The fourth-order valence-corrected chi connectivity index (χ4v) is 1.37. The molecule has 1 unspecified atom stereocenters. The highest BCUT2D eigenvalue weighted by Gasteiger charge is 2.12. The molecule has 0 rings (SSSR count). The third-order valence-corrected chi connectivity index (χ3v) is 3.02. The molecule has 15 heavy (non-hydrogen) atoms. The minimum Gasteiger partial charge on any atom is -0.355 e. The molecule has 0 spiro atoms. The summed E-state index contributed by atoms with van der Waals surface area (Å²) in [6, 6.07) is -0.178. The summed E-state index contributed by atoms with van der Waals surface area (Å²) in [4.78, 5) is 11.3. The molecule has 0 bridgehead atoms. The summed E-state index contributed by atoms with van der Waals surface area (Å²) in [6.45, 7) is 4.03. The van der Waals surface area contributed by atoms with Crippen LogP contribution in [0.1, 0.15) is 20.3 Å². The second kappa shape index (κ2) is 6.07. The molecule has 0 aromatic heterocycles. The quantitative estimate of drug-likeness (QED) is 0.652. The zero-order valence-corrected chi connectivity index (χ0v) is 10.3. The summed E-state index contributed by atoms with van der Waals surface area (Å²) in [5.74, 6) is 0.0147. The van der Waals surface area contributed by atoms with Gasteiger partial charge in [0.1, 0.15) is 9.84 Å². The predicted octanol–water partition coefficient (Wildman–Crippen LogP) is -0.479. The van der Waals surface area contributed by atoms with Crippen molar-refractivity contribution in [1.29, 1.82) is 0 Å². The van der Waals surface area contributed by atoms with Crippen molar-refractivity contribution >= 4 is 15.7 Å². The number of sulfone groups is 1. The van der Waals surface area contributed by atoms with Crippen molar-refractivity contribution in [2.75, 3.05) is 18.6 Å². The topological polar surface area (TPSA) is 89.3 Å². The monoisotopic (exact) mass is 236 g/mol. The Hall–Kier alpha value is -0.620. The Morgan fingerprint density at radius 1 is 1.40 bits per heavy atom. The van der Waals surface area contributed by atoms with Gasteiger partial charge in [-0.25, -0.2) is 8.42 Å². The van der Waals surface area contributed by atoms with Gasteiger partial charge in [0.25, 0.3) is 0 Å². The Labute approximate surface area is 91.3 Å². The Morgan fingerprint density at radius 3 is 2.33 bits per heavy atom. The van der Waals surface area contributed by atoms with Crippen LogP contribution in [0.2, 0.25) is 0 Å². The largest absolute Gasteiger partial charge is 0.355 e. The molecule has 0 aliphatic carbocycles. The minimum atomic E-state index is -3.01. The maximum absolute atomic E-state index is 11.3. The van der Waals surface area contributed by atoms with Gasteiger partial charge in [-0.3, -0.25) is 4.79 Å². The zero-order chi connectivity index (χ0) is 12.1. The first-order valence-corrected chi connectivity index (χ1v) is 6.98. The highest BCUT2D eigenvalue weighted by atomic mass is 32.2. The van der Waals surface area contributed by atoms with Crippen molar-refractivity contribution < 1.29 is 13.2 Å². The van der Waals surface area contributed by atoms with Crippen LogP contribution in [0.15, 0.2) is 0 Å². The Morgan fingerprint density at radius 2 is 1.93 bits per heavy atom. The molecule has 0 aromatic rings. The van der Waals surface area contributed by atoms with E-state index in [2.05, 4.69) is 5.32 Å². The second-order valence-corrected chi connectivity index (χ2v) is 6.35. The molecule has 90 valence electrons. The highest BCUT2D eigenvalue weighted by Crippen LogP contribution is 2.01. The molecule has 1 amide bonds. The first kappa shape index (κ1) is 14.4. The van der Waals surface area contributed by atoms with Crippen LogP contribution in [0, 0.1) is 5.92 Å². The fraction of sp³-hybridized carbons (Fsp3) is 0.889. The number of amides is 1. The summed E-state index contributed by atoms with van der Waals surface area (Å²) in [7, 11) is -3.01. The predicted molar refractivity (Wildman–Crippen MR) is 60.2 cm³/mol. The number of nitrogens with two attached hydrogens (primary N) is 1. The van der Waals surface area contributed by atoms with E-state index >= 15 is 0 Å². The van der Waals surface area contributed by atoms with E-state index in [1.807, 2.05) is 13.8 Å². The van der Waals surface area contributed by atoms with E-state index in [0.717, 1.165) is 6.26 Å². The molecule has 0 aliphatic heterocycles. The normalized spacial score (nSPS) is 13.9. The number of carbonyl (C=O) groups excluding carboxylic acids is 1. The molecule has 0 fully saturated rings. The van der Waals surface area contributed by atoms with Crippen LogP contribution in [-0.4, -0.2) is 38.9 Å². The molecule has 0 saturated heterocycles. The first-order chi connectivity index (χ1) is 6.72. The van der Waals surface area contributed by atoms with Gasteiger partial charge in [0, 0.05) is 25.3 Å². The van der Waals surface area contributed by atoms with Crippen molar-refractivity contribution in [2.24, 2.45) is 11.7 Å². The Bertz CT molecular complexity index is 298. The summed E-state index contributed by atoms with van der Waals surface area (Å²) < 4.78 is 21.5. The fourth-order valence-electron chi connectivity index (χ4n) is 0.898. The molecule has 0 saturated carbocycles. The zero-order valence-electron chi connectivity index (χ0n) is 9.49. The minimum absolute atomic E-state index is 0.0321. The molecule has 0 heterocycles. The van der Waals surface area contributed by atoms with Gasteiger partial charge >= 0.3 is 0 Å². The first-order valence-electron chi connectivity index (χ1n) is 4.92. The lowest BCUT2D eigenvalue weighted by Crippen LogP contribution is -2.36. The lowest BCUT2D eigenvalue weighted by atomic mass is 10.0. The summed E-state index contributed by atoms with van der Waals surface area (Å²) in [5, 5.41) is 2.53. The standard InChI is InChI=1S/C9H20N2O3S/c1-7(2)8(10)6-9(12)11-4-5-15(3,13)14/h7-8H,4-6,10H2,1-3H3,(H,11,12). The van der Waals surface area contributed by atoms with Gasteiger partial charge in [0.05, 0.1) is 5.75 Å². The lowest BCUT2D eigenvalue weighted by Gasteiger charge is -2.14. The van der Waals surface area contributed by atoms with E-state index < -0.39 is 9.84 Å². The number of hydrogen-bond acceptors (Lipinski definition) is 4. The van der Waals surface area contributed by atoms with Crippen molar-refractivity contribution in [3.8, 4) is 0 Å². The van der Waals surface area contributed by atoms with Gasteiger partial charge in [0.15, 0.2) is 0 Å². The molecule has 3 N–H and O–H groups in total. The number of carbonyl (C=O) groups is 1. The molecule has 1 atom stereocenters. The van der Waals surface area contributed by atoms with Crippen LogP contribution in [0.3, 0.4) is 0 Å². The van der Waals surface area contributed by atoms with Crippen LogP contribution in [0.25, 0.3) is 0 Å². The average Bonchev–Trinajstić information content (AvgIpc) is 2.01. The van der Waals surface area contributed by atoms with E-state index in [9.17, 15) is 13.2 Å². The maximum Gasteiger partial charge on any atom is 0.221 e. The van der Waals surface area contributed by atoms with Crippen LogP contribution >= 0.6 is 0 Å². The van der Waals surface area contributed by atoms with Crippen molar-refractivity contribution in [2.45, 2.75) is 26.3 Å². The van der Waals surface area contributed by atoms with Crippen LogP contribution in [0.4, 0.5) is 0 Å². The Balaban J connectivity index is 3.77. The molecule has 0 aliphatic rings. The number of hydrogen-bond donors (Lipinski definition) is 2. The molecule has 0 radical (unpaired) electrons. The number of rotatable bonds is 6. The number of nitrogens with one attached hydrogen (secondary N) is 1. The van der Waals surface area contributed by atoms with Gasteiger partial charge < -0.3 is 11.1 Å². The molecular formula is C9H20N2O3S. The van der Waals surface area contributed by atoms with Gasteiger partial charge in [-0.05, 0) is 5.92 Å². The molecule has 5 nitrogen and oxygen atoms in total. The highest BCUT2D eigenvalue weighted by molar-refractivity contribution is 7.90. The summed E-state index contributed by atoms with van der Waals surface area (Å²) in [5.41, 5.74) is 5.70. The van der Waals surface area contributed by atoms with Gasteiger partial charge in [-0.15, -0.1) is 0 Å². The average molecular weight is 236 g/mol. The maximum atomic E-state index is 11.3. The Kier molecular flexibility index (Phi) is 5.82. The molecular weight excluding hydrogens is 216 g/mol. The SMILES string of the molecule is CC(C)C(N)CC(=O)NCCS(C)(=O)=O. The van der Waals surface area contributed by atoms with Crippen molar-refractivity contribution in [3.05, 3.63) is 0 Å². The van der Waals surface area contributed by atoms with Crippen molar-refractivity contribution in [1.82, 2.24) is 5.32 Å². The van der Waals surface area contributed by atoms with Gasteiger partial charge in [-0.1, -0.05) is 13.8 Å². The van der Waals surface area contributed by atoms with Crippen molar-refractivity contribution in [3.63, 3.8) is 0 Å². The van der Waals surface area contributed by atoms with Crippen LogP contribution in [-0.2, 0) is 14.6 Å². The lowest BCUT2D eigenvalue weighted by molar-refractivity contribution is -0.121. The van der Waals surface area contributed by atoms with E-state index in [0.29, 0.717) is 0 Å². The summed E-state index contributed by atoms with van der Waals surface area (Å²) >= 11 is 0. The van der Waals surface area contributed by atoms with E-state index in [4.69, 9.17) is 5.73 Å². The third kappa shape index (κ3) is 8.38. The third-order valence-electron chi connectivity index (χ3n) is 2.07. The van der Waals surface area contributed by atoms with Gasteiger partial charge in [-0.2, -0.15) is 0 Å². The molecule has 0 aromatic carbocycles. The second-order valence-electron chi connectivity index (χ2n) is 4.09.